The SMILES string of the molecule is NCCNC(=O)C1CCCN(C(=O)c2ccc(Oc3cccnc3)cc2)C1. The average Bonchev–Trinajstić information content (AvgIpc) is 2.73. The van der Waals surface area contributed by atoms with Crippen LogP contribution in [0.4, 0.5) is 0 Å². The van der Waals surface area contributed by atoms with Crippen LogP contribution in [0.3, 0.4) is 0 Å². The number of benzene rings is 1. The minimum atomic E-state index is -0.178. The quantitative estimate of drug-likeness (QED) is 0.810. The fourth-order valence-electron chi connectivity index (χ4n) is 3.11. The van der Waals surface area contributed by atoms with Gasteiger partial charge in [0.25, 0.3) is 5.91 Å². The molecule has 7 nitrogen and oxygen atoms in total. The Labute approximate surface area is 158 Å². The van der Waals surface area contributed by atoms with Gasteiger partial charge in [0.15, 0.2) is 0 Å². The van der Waals surface area contributed by atoms with Gasteiger partial charge in [-0.1, -0.05) is 0 Å². The molecule has 142 valence electrons. The Hall–Kier alpha value is -2.93. The van der Waals surface area contributed by atoms with Gasteiger partial charge in [0, 0.05) is 37.9 Å². The summed E-state index contributed by atoms with van der Waals surface area (Å²) in [6, 6.07) is 10.6. The average molecular weight is 368 g/mol. The van der Waals surface area contributed by atoms with E-state index in [0.29, 0.717) is 43.2 Å². The van der Waals surface area contributed by atoms with Crippen molar-refractivity contribution in [2.75, 3.05) is 26.2 Å². The first-order chi connectivity index (χ1) is 13.2. The van der Waals surface area contributed by atoms with E-state index in [-0.39, 0.29) is 17.7 Å². The summed E-state index contributed by atoms with van der Waals surface area (Å²) < 4.78 is 5.69. The van der Waals surface area contributed by atoms with Gasteiger partial charge in [-0.2, -0.15) is 0 Å². The lowest BCUT2D eigenvalue weighted by Gasteiger charge is -2.32. The number of nitrogens with zero attached hydrogens (tertiary/aromatic N) is 2. The van der Waals surface area contributed by atoms with Crippen LogP contribution >= 0.6 is 0 Å². The smallest absolute Gasteiger partial charge is 0.253 e. The molecule has 0 aliphatic carbocycles. The van der Waals surface area contributed by atoms with Crippen molar-refractivity contribution in [1.29, 1.82) is 0 Å². The number of amides is 2. The fourth-order valence-corrected chi connectivity index (χ4v) is 3.11. The number of rotatable bonds is 6. The first-order valence-electron chi connectivity index (χ1n) is 9.12. The molecule has 1 atom stereocenters. The molecule has 1 aliphatic rings. The van der Waals surface area contributed by atoms with E-state index in [1.807, 2.05) is 6.07 Å². The van der Waals surface area contributed by atoms with Crippen LogP contribution in [0.15, 0.2) is 48.8 Å². The summed E-state index contributed by atoms with van der Waals surface area (Å²) in [7, 11) is 0. The first kappa shape index (κ1) is 18.8. The molecule has 27 heavy (non-hydrogen) atoms. The van der Waals surface area contributed by atoms with Crippen molar-refractivity contribution in [1.82, 2.24) is 15.2 Å². The Balaban J connectivity index is 1.60. The number of likely N-dealkylation sites (tertiary alicyclic amines) is 1. The van der Waals surface area contributed by atoms with E-state index < -0.39 is 0 Å². The topological polar surface area (TPSA) is 97.6 Å². The molecule has 7 heteroatoms. The molecular weight excluding hydrogens is 344 g/mol. The zero-order chi connectivity index (χ0) is 19.1. The number of aromatic nitrogens is 1. The van der Waals surface area contributed by atoms with Crippen LogP contribution in [0.25, 0.3) is 0 Å². The minimum Gasteiger partial charge on any atom is -0.456 e. The highest BCUT2D eigenvalue weighted by atomic mass is 16.5. The molecule has 0 bridgehead atoms. The van der Waals surface area contributed by atoms with Gasteiger partial charge in [-0.05, 0) is 49.2 Å². The Morgan fingerprint density at radius 1 is 1.22 bits per heavy atom. The van der Waals surface area contributed by atoms with Crippen molar-refractivity contribution >= 4 is 11.8 Å². The van der Waals surface area contributed by atoms with Gasteiger partial charge in [0.05, 0.1) is 12.1 Å². The predicted octanol–water partition coefficient (Wildman–Crippen LogP) is 1.80. The molecule has 1 aliphatic heterocycles. The number of hydrogen-bond acceptors (Lipinski definition) is 5. The van der Waals surface area contributed by atoms with Crippen molar-refractivity contribution in [2.24, 2.45) is 11.7 Å². The van der Waals surface area contributed by atoms with Gasteiger partial charge in [0.1, 0.15) is 11.5 Å². The second-order valence-electron chi connectivity index (χ2n) is 6.49. The zero-order valence-corrected chi connectivity index (χ0v) is 15.1. The molecule has 3 N–H and O–H groups in total. The molecule has 0 spiro atoms. The van der Waals surface area contributed by atoms with Crippen LogP contribution in [0.5, 0.6) is 11.5 Å². The summed E-state index contributed by atoms with van der Waals surface area (Å²) in [4.78, 5) is 30.7. The highest BCUT2D eigenvalue weighted by molar-refractivity contribution is 5.94. The standard InChI is InChI=1S/C20H24N4O3/c21-9-11-23-19(25)16-3-2-12-24(14-16)20(26)15-5-7-17(8-6-15)27-18-4-1-10-22-13-18/h1,4-8,10,13,16H,2-3,9,11-12,14,21H2,(H,23,25). The summed E-state index contributed by atoms with van der Waals surface area (Å²) in [5.74, 6) is 0.996. The number of carbonyl (C=O) groups is 2. The normalized spacial score (nSPS) is 16.6. The lowest BCUT2D eigenvalue weighted by Crippen LogP contribution is -2.46. The van der Waals surface area contributed by atoms with E-state index in [2.05, 4.69) is 10.3 Å². The van der Waals surface area contributed by atoms with Gasteiger partial charge < -0.3 is 20.7 Å². The van der Waals surface area contributed by atoms with Gasteiger partial charge in [-0.15, -0.1) is 0 Å². The van der Waals surface area contributed by atoms with E-state index in [4.69, 9.17) is 10.5 Å². The molecule has 0 saturated carbocycles. The van der Waals surface area contributed by atoms with E-state index in [0.717, 1.165) is 12.8 Å². The number of pyridine rings is 1. The Kier molecular flexibility index (Phi) is 6.38. The van der Waals surface area contributed by atoms with Gasteiger partial charge >= 0.3 is 0 Å². The van der Waals surface area contributed by atoms with E-state index in [1.165, 1.54) is 0 Å². The molecule has 1 saturated heterocycles. The first-order valence-corrected chi connectivity index (χ1v) is 9.12. The zero-order valence-electron chi connectivity index (χ0n) is 15.1. The van der Waals surface area contributed by atoms with Crippen molar-refractivity contribution in [3.63, 3.8) is 0 Å². The van der Waals surface area contributed by atoms with Crippen molar-refractivity contribution in [3.05, 3.63) is 54.4 Å². The Morgan fingerprint density at radius 2 is 2.04 bits per heavy atom. The third-order valence-electron chi connectivity index (χ3n) is 4.49. The lowest BCUT2D eigenvalue weighted by molar-refractivity contribution is -0.126. The van der Waals surface area contributed by atoms with Crippen molar-refractivity contribution in [2.45, 2.75) is 12.8 Å². The molecule has 1 fully saturated rings. The Bertz CT molecular complexity index is 765. The lowest BCUT2D eigenvalue weighted by atomic mass is 9.96. The molecule has 1 aromatic heterocycles. The molecule has 1 aromatic carbocycles. The van der Waals surface area contributed by atoms with Crippen LogP contribution in [-0.4, -0.2) is 47.9 Å². The van der Waals surface area contributed by atoms with Crippen LogP contribution in [0, 0.1) is 5.92 Å². The monoisotopic (exact) mass is 368 g/mol. The summed E-state index contributed by atoms with van der Waals surface area (Å²) in [6.07, 6.45) is 4.91. The minimum absolute atomic E-state index is 0.0295. The highest BCUT2D eigenvalue weighted by Gasteiger charge is 2.28. The summed E-state index contributed by atoms with van der Waals surface area (Å²) in [6.45, 7) is 1.97. The van der Waals surface area contributed by atoms with Crippen LogP contribution < -0.4 is 15.8 Å². The van der Waals surface area contributed by atoms with Crippen LogP contribution in [0.1, 0.15) is 23.2 Å². The second kappa shape index (κ2) is 9.14. The summed E-state index contributed by atoms with van der Waals surface area (Å²) in [5.41, 5.74) is 6.01. The van der Waals surface area contributed by atoms with Gasteiger partial charge in [-0.3, -0.25) is 14.6 Å². The molecular formula is C20H24N4O3. The molecule has 2 heterocycles. The van der Waals surface area contributed by atoms with Crippen LogP contribution in [0.2, 0.25) is 0 Å². The maximum atomic E-state index is 12.8. The number of ether oxygens (including phenoxy) is 1. The van der Waals surface area contributed by atoms with Crippen LogP contribution in [-0.2, 0) is 4.79 Å². The number of carbonyl (C=O) groups excluding carboxylic acids is 2. The van der Waals surface area contributed by atoms with Gasteiger partial charge in [0.2, 0.25) is 5.91 Å². The molecule has 1 unspecified atom stereocenters. The van der Waals surface area contributed by atoms with E-state index in [9.17, 15) is 9.59 Å². The predicted molar refractivity (Wildman–Crippen MR) is 101 cm³/mol. The fraction of sp³-hybridized carbons (Fsp3) is 0.350. The molecule has 2 aromatic rings. The maximum Gasteiger partial charge on any atom is 0.253 e. The largest absolute Gasteiger partial charge is 0.456 e. The van der Waals surface area contributed by atoms with Crippen molar-refractivity contribution in [3.8, 4) is 11.5 Å². The third kappa shape index (κ3) is 5.04. The van der Waals surface area contributed by atoms with Crippen molar-refractivity contribution < 1.29 is 14.3 Å². The molecule has 2 amide bonds. The summed E-state index contributed by atoms with van der Waals surface area (Å²) in [5, 5.41) is 2.81. The second-order valence-corrected chi connectivity index (χ2v) is 6.49. The van der Waals surface area contributed by atoms with Gasteiger partial charge in [-0.25, -0.2) is 0 Å². The summed E-state index contributed by atoms with van der Waals surface area (Å²) >= 11 is 0. The number of piperidine rings is 1. The van der Waals surface area contributed by atoms with E-state index in [1.54, 1.807) is 47.6 Å². The number of nitrogens with one attached hydrogen (secondary N) is 1. The maximum absolute atomic E-state index is 12.8. The number of nitrogens with two attached hydrogens (primary N) is 1. The van der Waals surface area contributed by atoms with E-state index >= 15 is 0 Å². The number of hydrogen-bond donors (Lipinski definition) is 2. The third-order valence-corrected chi connectivity index (χ3v) is 4.49. The highest BCUT2D eigenvalue weighted by Crippen LogP contribution is 2.23. The Morgan fingerprint density at radius 3 is 2.74 bits per heavy atom. The molecule has 0 radical (unpaired) electrons. The molecule has 3 rings (SSSR count).